The zero-order valence-corrected chi connectivity index (χ0v) is 12.5. The highest BCUT2D eigenvalue weighted by atomic mass is 32.2. The molecule has 4 heteroatoms. The van der Waals surface area contributed by atoms with Gasteiger partial charge in [0.15, 0.2) is 9.84 Å². The van der Waals surface area contributed by atoms with Crippen molar-refractivity contribution in [2.24, 2.45) is 17.6 Å². The van der Waals surface area contributed by atoms with Gasteiger partial charge in [-0.2, -0.15) is 0 Å². The van der Waals surface area contributed by atoms with Gasteiger partial charge in [0.25, 0.3) is 0 Å². The second-order valence-electron chi connectivity index (χ2n) is 5.89. The van der Waals surface area contributed by atoms with E-state index < -0.39 is 9.84 Å². The van der Waals surface area contributed by atoms with Crippen LogP contribution in [0.15, 0.2) is 29.2 Å². The van der Waals surface area contributed by atoms with E-state index in [1.807, 2.05) is 12.1 Å². The van der Waals surface area contributed by atoms with Gasteiger partial charge in [-0.3, -0.25) is 0 Å². The lowest BCUT2D eigenvalue weighted by Gasteiger charge is -2.30. The average Bonchev–Trinajstić information content (AvgIpc) is 2.38. The van der Waals surface area contributed by atoms with Crippen LogP contribution in [0.2, 0.25) is 0 Å². The molecule has 0 aliphatic heterocycles. The van der Waals surface area contributed by atoms with E-state index in [9.17, 15) is 8.42 Å². The van der Waals surface area contributed by atoms with Crippen LogP contribution in [0.5, 0.6) is 0 Å². The molecule has 0 saturated heterocycles. The summed E-state index contributed by atoms with van der Waals surface area (Å²) in [5.41, 5.74) is 7.37. The predicted molar refractivity (Wildman–Crippen MR) is 77.6 cm³/mol. The molecule has 1 aliphatic carbocycles. The highest BCUT2D eigenvalue weighted by Gasteiger charge is 2.24. The second kappa shape index (κ2) is 5.63. The molecule has 1 aromatic rings. The minimum atomic E-state index is -3.12. The molecular weight excluding hydrogens is 258 g/mol. The maximum absolute atomic E-state index is 11.4. The second-order valence-corrected chi connectivity index (χ2v) is 7.90. The quantitative estimate of drug-likeness (QED) is 0.926. The van der Waals surface area contributed by atoms with Crippen molar-refractivity contribution in [3.63, 3.8) is 0 Å². The molecule has 1 aliphatic rings. The number of benzene rings is 1. The van der Waals surface area contributed by atoms with E-state index in [2.05, 4.69) is 6.92 Å². The summed E-state index contributed by atoms with van der Waals surface area (Å²) in [5.74, 6) is 1.34. The van der Waals surface area contributed by atoms with Gasteiger partial charge in [-0.1, -0.05) is 31.9 Å². The van der Waals surface area contributed by atoms with Gasteiger partial charge < -0.3 is 5.73 Å². The van der Waals surface area contributed by atoms with Gasteiger partial charge in [-0.15, -0.1) is 0 Å². The Morgan fingerprint density at radius 1 is 1.11 bits per heavy atom. The van der Waals surface area contributed by atoms with Gasteiger partial charge in [0, 0.05) is 12.3 Å². The molecule has 0 spiro atoms. The molecule has 1 aromatic carbocycles. The maximum Gasteiger partial charge on any atom is 0.175 e. The lowest BCUT2D eigenvalue weighted by Crippen LogP contribution is -2.25. The summed E-state index contributed by atoms with van der Waals surface area (Å²) in [4.78, 5) is 0.362. The molecule has 0 bridgehead atoms. The van der Waals surface area contributed by atoms with Crippen molar-refractivity contribution >= 4 is 9.84 Å². The fourth-order valence-electron chi connectivity index (χ4n) is 2.85. The highest BCUT2D eigenvalue weighted by Crippen LogP contribution is 2.35. The van der Waals surface area contributed by atoms with E-state index in [1.165, 1.54) is 31.9 Å². The summed E-state index contributed by atoms with van der Waals surface area (Å²) in [6.45, 7) is 2.29. The van der Waals surface area contributed by atoms with Crippen LogP contribution in [-0.4, -0.2) is 14.7 Å². The van der Waals surface area contributed by atoms with Gasteiger partial charge in [-0.25, -0.2) is 8.42 Å². The van der Waals surface area contributed by atoms with E-state index in [0.29, 0.717) is 10.8 Å². The Morgan fingerprint density at radius 3 is 2.11 bits per heavy atom. The molecule has 1 fully saturated rings. The van der Waals surface area contributed by atoms with Crippen molar-refractivity contribution in [3.05, 3.63) is 29.8 Å². The number of sulfone groups is 1. The molecule has 0 radical (unpaired) electrons. The summed E-state index contributed by atoms with van der Waals surface area (Å²) in [7, 11) is -3.12. The smallest absolute Gasteiger partial charge is 0.175 e. The molecule has 2 N–H and O–H groups in total. The van der Waals surface area contributed by atoms with Crippen molar-refractivity contribution in [1.29, 1.82) is 0 Å². The SMILES string of the molecule is CC1CCC(C(N)c2ccc(S(C)(=O)=O)cc2)CC1. The third-order valence-corrected chi connectivity index (χ3v) is 5.39. The lowest BCUT2D eigenvalue weighted by molar-refractivity contribution is 0.256. The zero-order chi connectivity index (χ0) is 14.0. The van der Waals surface area contributed by atoms with Crippen LogP contribution < -0.4 is 5.73 Å². The standard InChI is InChI=1S/C15H23NO2S/c1-11-3-5-12(6-4-11)15(16)13-7-9-14(10-8-13)19(2,17)18/h7-12,15H,3-6,16H2,1-2H3. The molecule has 1 atom stereocenters. The minimum absolute atomic E-state index is 0.0288. The fourth-order valence-corrected chi connectivity index (χ4v) is 3.48. The molecule has 2 rings (SSSR count). The van der Waals surface area contributed by atoms with Crippen LogP contribution in [0.3, 0.4) is 0 Å². The number of hydrogen-bond acceptors (Lipinski definition) is 3. The van der Waals surface area contributed by atoms with E-state index >= 15 is 0 Å². The molecule has 0 aromatic heterocycles. The van der Waals surface area contributed by atoms with Crippen LogP contribution in [0, 0.1) is 11.8 Å². The largest absolute Gasteiger partial charge is 0.324 e. The monoisotopic (exact) mass is 281 g/mol. The third-order valence-electron chi connectivity index (χ3n) is 4.26. The van der Waals surface area contributed by atoms with Crippen LogP contribution in [0.25, 0.3) is 0 Å². The lowest BCUT2D eigenvalue weighted by atomic mass is 9.78. The number of hydrogen-bond donors (Lipinski definition) is 1. The summed E-state index contributed by atoms with van der Waals surface area (Å²) in [5, 5.41) is 0. The Bertz CT molecular complexity index is 514. The van der Waals surface area contributed by atoms with Crippen molar-refractivity contribution in [2.45, 2.75) is 43.5 Å². The van der Waals surface area contributed by atoms with Crippen molar-refractivity contribution in [2.75, 3.05) is 6.26 Å². The van der Waals surface area contributed by atoms with Gasteiger partial charge in [0.1, 0.15) is 0 Å². The molecule has 1 unspecified atom stereocenters. The highest BCUT2D eigenvalue weighted by molar-refractivity contribution is 7.90. The number of rotatable bonds is 3. The minimum Gasteiger partial charge on any atom is -0.324 e. The van der Waals surface area contributed by atoms with Crippen molar-refractivity contribution in [3.8, 4) is 0 Å². The fraction of sp³-hybridized carbons (Fsp3) is 0.600. The van der Waals surface area contributed by atoms with Crippen molar-refractivity contribution in [1.82, 2.24) is 0 Å². The van der Waals surface area contributed by atoms with Crippen molar-refractivity contribution < 1.29 is 8.42 Å². The molecule has 106 valence electrons. The number of nitrogens with two attached hydrogens (primary N) is 1. The molecule has 3 nitrogen and oxygen atoms in total. The third kappa shape index (κ3) is 3.57. The first-order chi connectivity index (χ1) is 8.88. The van der Waals surface area contributed by atoms with E-state index in [0.717, 1.165) is 11.5 Å². The average molecular weight is 281 g/mol. The molecular formula is C15H23NO2S. The molecule has 0 heterocycles. The molecule has 1 saturated carbocycles. The predicted octanol–water partition coefficient (Wildman–Crippen LogP) is 2.92. The van der Waals surface area contributed by atoms with E-state index in [1.54, 1.807) is 12.1 Å². The van der Waals surface area contributed by atoms with Crippen LogP contribution >= 0.6 is 0 Å². The molecule has 0 amide bonds. The Hall–Kier alpha value is -0.870. The van der Waals surface area contributed by atoms with Crippen LogP contribution in [-0.2, 0) is 9.84 Å². The maximum atomic E-state index is 11.4. The van der Waals surface area contributed by atoms with E-state index in [4.69, 9.17) is 5.73 Å². The zero-order valence-electron chi connectivity index (χ0n) is 11.7. The van der Waals surface area contributed by atoms with Gasteiger partial charge >= 0.3 is 0 Å². The summed E-state index contributed by atoms with van der Waals surface area (Å²) >= 11 is 0. The van der Waals surface area contributed by atoms with E-state index in [-0.39, 0.29) is 6.04 Å². The Labute approximate surface area is 116 Å². The Kier molecular flexibility index (Phi) is 4.31. The molecule has 19 heavy (non-hydrogen) atoms. The topological polar surface area (TPSA) is 60.2 Å². The first-order valence-electron chi connectivity index (χ1n) is 6.93. The first-order valence-corrected chi connectivity index (χ1v) is 8.82. The first kappa shape index (κ1) is 14.5. The summed E-state index contributed by atoms with van der Waals surface area (Å²) in [6.07, 6.45) is 6.08. The van der Waals surface area contributed by atoms with Crippen LogP contribution in [0.1, 0.15) is 44.2 Å². The summed E-state index contributed by atoms with van der Waals surface area (Å²) in [6, 6.07) is 7.07. The Morgan fingerprint density at radius 2 is 1.63 bits per heavy atom. The summed E-state index contributed by atoms with van der Waals surface area (Å²) < 4.78 is 22.8. The van der Waals surface area contributed by atoms with Gasteiger partial charge in [0.2, 0.25) is 0 Å². The Balaban J connectivity index is 2.09. The van der Waals surface area contributed by atoms with Gasteiger partial charge in [0.05, 0.1) is 4.90 Å². The normalized spacial score (nSPS) is 26.1. The van der Waals surface area contributed by atoms with Gasteiger partial charge in [-0.05, 0) is 42.4 Å². The van der Waals surface area contributed by atoms with Crippen LogP contribution in [0.4, 0.5) is 0 Å².